The van der Waals surface area contributed by atoms with E-state index in [9.17, 15) is 0 Å². The number of furan rings is 1. The molecule has 0 saturated heterocycles. The van der Waals surface area contributed by atoms with Crippen LogP contribution in [0.2, 0.25) is 0 Å². The zero-order valence-corrected chi connectivity index (χ0v) is 19.2. The fraction of sp³-hybridized carbons (Fsp3) is 0. The Morgan fingerprint density at radius 3 is 2.21 bits per heavy atom. The molecule has 0 atom stereocenters. The fourth-order valence-corrected chi connectivity index (χ4v) is 5.40. The highest BCUT2D eigenvalue weighted by Gasteiger charge is 2.20. The Morgan fingerprint density at radius 2 is 1.33 bits per heavy atom. The maximum Gasteiger partial charge on any atom is 0.160 e. The molecule has 2 heterocycles. The standard InChI is InChI=1S/C30H18BrNO/c31-20-14-15-23-22-10-4-6-12-25(22)32(27(23)18-20)26-17-16-21(19-8-2-1-3-9-19)29-24-11-5-7-13-28(24)33-30(26)29/h1-18H. The van der Waals surface area contributed by atoms with E-state index in [4.69, 9.17) is 4.42 Å². The first kappa shape index (κ1) is 18.7. The van der Waals surface area contributed by atoms with Crippen LogP contribution in [0.3, 0.4) is 0 Å². The van der Waals surface area contributed by atoms with Gasteiger partial charge in [-0.1, -0.05) is 94.8 Å². The smallest absolute Gasteiger partial charge is 0.160 e. The monoisotopic (exact) mass is 487 g/mol. The number of hydrogen-bond acceptors (Lipinski definition) is 1. The fourth-order valence-electron chi connectivity index (χ4n) is 5.05. The average molecular weight is 488 g/mol. The largest absolute Gasteiger partial charge is 0.454 e. The minimum atomic E-state index is 0.902. The second kappa shape index (κ2) is 7.09. The Morgan fingerprint density at radius 1 is 0.606 bits per heavy atom. The molecule has 0 bridgehead atoms. The first-order valence-electron chi connectivity index (χ1n) is 11.0. The second-order valence-electron chi connectivity index (χ2n) is 8.31. The molecule has 7 aromatic rings. The minimum Gasteiger partial charge on any atom is -0.454 e. The number of benzene rings is 5. The number of nitrogens with zero attached hydrogens (tertiary/aromatic N) is 1. The van der Waals surface area contributed by atoms with Crippen molar-refractivity contribution in [3.8, 4) is 16.8 Å². The van der Waals surface area contributed by atoms with Crippen LogP contribution in [-0.4, -0.2) is 4.57 Å². The molecule has 156 valence electrons. The Hall–Kier alpha value is -3.82. The van der Waals surface area contributed by atoms with Gasteiger partial charge >= 0.3 is 0 Å². The van der Waals surface area contributed by atoms with Gasteiger partial charge in [-0.25, -0.2) is 0 Å². The normalized spacial score (nSPS) is 11.8. The topological polar surface area (TPSA) is 18.1 Å². The Kier molecular flexibility index (Phi) is 4.02. The van der Waals surface area contributed by atoms with Gasteiger partial charge in [-0.15, -0.1) is 0 Å². The zero-order chi connectivity index (χ0) is 21.9. The first-order chi connectivity index (χ1) is 16.3. The van der Waals surface area contributed by atoms with E-state index in [2.05, 4.69) is 124 Å². The molecule has 0 saturated carbocycles. The van der Waals surface area contributed by atoms with Gasteiger partial charge in [0, 0.05) is 26.0 Å². The molecule has 3 heteroatoms. The molecule has 0 aliphatic carbocycles. The van der Waals surface area contributed by atoms with Crippen LogP contribution in [0.25, 0.3) is 60.6 Å². The molecular weight excluding hydrogens is 470 g/mol. The highest BCUT2D eigenvalue weighted by Crippen LogP contribution is 2.42. The van der Waals surface area contributed by atoms with Gasteiger partial charge in [0.1, 0.15) is 5.58 Å². The summed E-state index contributed by atoms with van der Waals surface area (Å²) < 4.78 is 9.95. The van der Waals surface area contributed by atoms with Gasteiger partial charge < -0.3 is 8.98 Å². The number of fused-ring (bicyclic) bond motifs is 6. The molecule has 33 heavy (non-hydrogen) atoms. The van der Waals surface area contributed by atoms with E-state index in [1.807, 2.05) is 6.07 Å². The van der Waals surface area contributed by atoms with E-state index in [0.717, 1.165) is 37.6 Å². The van der Waals surface area contributed by atoms with Crippen molar-refractivity contribution in [3.63, 3.8) is 0 Å². The lowest BCUT2D eigenvalue weighted by molar-refractivity contribution is 0.666. The summed E-state index contributed by atoms with van der Waals surface area (Å²) in [5.41, 5.74) is 7.54. The zero-order valence-electron chi connectivity index (χ0n) is 17.6. The van der Waals surface area contributed by atoms with E-state index in [1.54, 1.807) is 0 Å². The van der Waals surface area contributed by atoms with E-state index >= 15 is 0 Å². The number of para-hydroxylation sites is 2. The summed E-state index contributed by atoms with van der Waals surface area (Å²) >= 11 is 3.68. The molecule has 0 N–H and O–H groups in total. The molecule has 0 unspecified atom stereocenters. The highest BCUT2D eigenvalue weighted by molar-refractivity contribution is 9.10. The van der Waals surface area contributed by atoms with Crippen molar-refractivity contribution in [2.24, 2.45) is 0 Å². The van der Waals surface area contributed by atoms with Crippen LogP contribution in [-0.2, 0) is 0 Å². The molecule has 0 radical (unpaired) electrons. The number of hydrogen-bond donors (Lipinski definition) is 0. The van der Waals surface area contributed by atoms with Crippen molar-refractivity contribution >= 4 is 59.7 Å². The summed E-state index contributed by atoms with van der Waals surface area (Å²) in [4.78, 5) is 0. The second-order valence-corrected chi connectivity index (χ2v) is 9.23. The molecule has 0 fully saturated rings. The van der Waals surface area contributed by atoms with Gasteiger partial charge in [0.15, 0.2) is 5.58 Å². The van der Waals surface area contributed by atoms with Gasteiger partial charge in [-0.2, -0.15) is 0 Å². The molecule has 0 aliphatic rings. The van der Waals surface area contributed by atoms with Crippen molar-refractivity contribution < 1.29 is 4.42 Å². The van der Waals surface area contributed by atoms with Gasteiger partial charge in [0.25, 0.3) is 0 Å². The predicted octanol–water partition coefficient (Wildman–Crippen LogP) is 9.11. The lowest BCUT2D eigenvalue weighted by Crippen LogP contribution is -1.95. The van der Waals surface area contributed by atoms with Crippen LogP contribution in [0.15, 0.2) is 118 Å². The van der Waals surface area contributed by atoms with Crippen LogP contribution < -0.4 is 0 Å². The molecule has 0 aliphatic heterocycles. The molecule has 7 rings (SSSR count). The minimum absolute atomic E-state index is 0.902. The lowest BCUT2D eigenvalue weighted by Gasteiger charge is -2.11. The summed E-state index contributed by atoms with van der Waals surface area (Å²) in [5.74, 6) is 0. The highest BCUT2D eigenvalue weighted by atomic mass is 79.9. The maximum absolute atomic E-state index is 6.57. The summed E-state index contributed by atoms with van der Waals surface area (Å²) in [5, 5.41) is 4.74. The van der Waals surface area contributed by atoms with E-state index < -0.39 is 0 Å². The molecular formula is C30H18BrNO. The van der Waals surface area contributed by atoms with E-state index in [0.29, 0.717) is 0 Å². The Balaban J connectivity index is 1.67. The summed E-state index contributed by atoms with van der Waals surface area (Å²) in [6, 6.07) is 38.3. The number of halogens is 1. The van der Waals surface area contributed by atoms with Crippen molar-refractivity contribution in [1.29, 1.82) is 0 Å². The average Bonchev–Trinajstić information content (AvgIpc) is 3.40. The summed E-state index contributed by atoms with van der Waals surface area (Å²) in [6.45, 7) is 0. The van der Waals surface area contributed by atoms with Gasteiger partial charge in [0.2, 0.25) is 0 Å². The lowest BCUT2D eigenvalue weighted by atomic mass is 9.98. The maximum atomic E-state index is 6.57. The van der Waals surface area contributed by atoms with E-state index in [-0.39, 0.29) is 0 Å². The Bertz CT molecular complexity index is 1830. The predicted molar refractivity (Wildman–Crippen MR) is 141 cm³/mol. The van der Waals surface area contributed by atoms with Crippen LogP contribution in [0.4, 0.5) is 0 Å². The summed E-state index contributed by atoms with van der Waals surface area (Å²) in [6.07, 6.45) is 0. The molecule has 2 aromatic heterocycles. The SMILES string of the molecule is Brc1ccc2c3ccccc3n(-c3ccc(-c4ccccc4)c4c3oc3ccccc34)c2c1. The number of rotatable bonds is 2. The van der Waals surface area contributed by atoms with Crippen molar-refractivity contribution in [2.45, 2.75) is 0 Å². The third-order valence-electron chi connectivity index (χ3n) is 6.47. The summed E-state index contributed by atoms with van der Waals surface area (Å²) in [7, 11) is 0. The molecule has 0 amide bonds. The van der Waals surface area contributed by atoms with Gasteiger partial charge in [0.05, 0.1) is 16.7 Å². The van der Waals surface area contributed by atoms with Crippen LogP contribution in [0.5, 0.6) is 0 Å². The molecule has 0 spiro atoms. The van der Waals surface area contributed by atoms with Crippen LogP contribution in [0, 0.1) is 0 Å². The molecule has 5 aromatic carbocycles. The van der Waals surface area contributed by atoms with E-state index in [1.165, 1.54) is 27.4 Å². The number of aromatic nitrogens is 1. The first-order valence-corrected chi connectivity index (χ1v) is 11.8. The third kappa shape index (κ3) is 2.73. The third-order valence-corrected chi connectivity index (χ3v) is 6.96. The Labute approximate surface area is 198 Å². The van der Waals surface area contributed by atoms with Crippen molar-refractivity contribution in [2.75, 3.05) is 0 Å². The van der Waals surface area contributed by atoms with Crippen molar-refractivity contribution in [3.05, 3.63) is 114 Å². The quantitative estimate of drug-likeness (QED) is 0.237. The van der Waals surface area contributed by atoms with Crippen LogP contribution in [0.1, 0.15) is 0 Å². The van der Waals surface area contributed by atoms with Crippen LogP contribution >= 0.6 is 15.9 Å². The van der Waals surface area contributed by atoms with Gasteiger partial charge in [-0.3, -0.25) is 0 Å². The van der Waals surface area contributed by atoms with Crippen molar-refractivity contribution in [1.82, 2.24) is 4.57 Å². The molecule has 2 nitrogen and oxygen atoms in total. The van der Waals surface area contributed by atoms with Gasteiger partial charge in [-0.05, 0) is 41.5 Å².